The summed E-state index contributed by atoms with van der Waals surface area (Å²) < 4.78 is 67.7. The van der Waals surface area contributed by atoms with Crippen molar-refractivity contribution in [3.05, 3.63) is 35.0 Å². The van der Waals surface area contributed by atoms with Crippen LogP contribution in [0.3, 0.4) is 0 Å². The van der Waals surface area contributed by atoms with Gasteiger partial charge in [-0.05, 0) is 19.3 Å². The second-order valence-electron chi connectivity index (χ2n) is 6.02. The smallest absolute Gasteiger partial charge is 0.244 e. The van der Waals surface area contributed by atoms with E-state index >= 15 is 0 Å². The number of ether oxygens (including phenoxy) is 2. The number of aliphatic hydroxyl groups excluding tert-OH is 1. The van der Waals surface area contributed by atoms with Crippen molar-refractivity contribution in [1.82, 2.24) is 10.3 Å². The maximum absolute atomic E-state index is 12.1. The number of nitrogens with zero attached hydrogens (tertiary/aromatic N) is 2. The van der Waals surface area contributed by atoms with Crippen LogP contribution in [0.25, 0.3) is 0 Å². The fourth-order valence-electron chi connectivity index (χ4n) is 2.38. The number of aromatic nitrogens is 2. The zero-order valence-corrected chi connectivity index (χ0v) is 15.0. The molecule has 2 aromatic rings. The largest absolute Gasteiger partial charge is 0.388 e. The van der Waals surface area contributed by atoms with Gasteiger partial charge in [0.1, 0.15) is 13.2 Å². The van der Waals surface area contributed by atoms with E-state index in [0.29, 0.717) is 12.4 Å². The van der Waals surface area contributed by atoms with Gasteiger partial charge in [0.05, 0.1) is 24.2 Å². The molecule has 0 aliphatic carbocycles. The van der Waals surface area contributed by atoms with Gasteiger partial charge in [0.15, 0.2) is 17.8 Å². The van der Waals surface area contributed by atoms with E-state index in [1.54, 1.807) is 0 Å². The molecule has 2 aromatic heterocycles. The molecule has 1 aliphatic rings. The topological polar surface area (TPSA) is 90.8 Å². The lowest BCUT2D eigenvalue weighted by molar-refractivity contribution is -0.171. The Morgan fingerprint density at radius 3 is 2.11 bits per heavy atom. The summed E-state index contributed by atoms with van der Waals surface area (Å²) in [6, 6.07) is 2.81. The molecule has 1 aliphatic heterocycles. The Morgan fingerprint density at radius 2 is 1.61 bits per heavy atom. The molecule has 158 valence electrons. The zero-order valence-electron chi connectivity index (χ0n) is 15.0. The Balaban J connectivity index is 0.000000221. The normalized spacial score (nSPS) is 17.0. The molecule has 11 heteroatoms. The average Bonchev–Trinajstić information content (AvgIpc) is 3.29. The SMILES string of the molecule is FC(F)Cc1cc(COC2CCCCO2)on1.OCc1cc(CC(F)F)no1. The first-order valence-electron chi connectivity index (χ1n) is 8.75. The van der Waals surface area contributed by atoms with Crippen molar-refractivity contribution in [2.75, 3.05) is 6.61 Å². The van der Waals surface area contributed by atoms with Crippen LogP contribution in [0.5, 0.6) is 0 Å². The fourth-order valence-corrected chi connectivity index (χ4v) is 2.38. The van der Waals surface area contributed by atoms with Crippen LogP contribution in [0.15, 0.2) is 21.2 Å². The van der Waals surface area contributed by atoms with Crippen molar-refractivity contribution >= 4 is 0 Å². The molecule has 0 spiro atoms. The highest BCUT2D eigenvalue weighted by molar-refractivity contribution is 5.05. The van der Waals surface area contributed by atoms with Gasteiger partial charge in [-0.15, -0.1) is 0 Å². The lowest BCUT2D eigenvalue weighted by Gasteiger charge is -2.21. The van der Waals surface area contributed by atoms with E-state index in [2.05, 4.69) is 14.8 Å². The standard InChI is InChI=1S/C11H15F2NO3.C6H7F2NO2/c12-10(13)6-8-5-9(17-14-8)7-16-11-3-1-2-4-15-11;7-6(8)2-4-1-5(3-10)11-9-4/h5,10-11H,1-4,6-7H2;1,6,10H,2-3H2. The predicted octanol–water partition coefficient (Wildman–Crippen LogP) is 3.50. The lowest BCUT2D eigenvalue weighted by Crippen LogP contribution is -2.21. The van der Waals surface area contributed by atoms with Crippen LogP contribution in [0, 0.1) is 0 Å². The third-order valence-corrected chi connectivity index (χ3v) is 3.65. The van der Waals surface area contributed by atoms with Gasteiger partial charge in [-0.1, -0.05) is 10.3 Å². The van der Waals surface area contributed by atoms with Crippen LogP contribution < -0.4 is 0 Å². The number of alkyl halides is 4. The third kappa shape index (κ3) is 8.36. The summed E-state index contributed by atoms with van der Waals surface area (Å²) in [4.78, 5) is 0. The lowest BCUT2D eigenvalue weighted by atomic mass is 10.2. The van der Waals surface area contributed by atoms with Crippen molar-refractivity contribution in [3.63, 3.8) is 0 Å². The van der Waals surface area contributed by atoms with Gasteiger partial charge in [-0.3, -0.25) is 0 Å². The Hall–Kier alpha value is -1.98. The molecule has 0 bridgehead atoms. The van der Waals surface area contributed by atoms with Crippen LogP contribution in [0.4, 0.5) is 17.6 Å². The number of aliphatic hydroxyl groups is 1. The zero-order chi connectivity index (χ0) is 20.4. The van der Waals surface area contributed by atoms with Gasteiger partial charge >= 0.3 is 0 Å². The van der Waals surface area contributed by atoms with Crippen molar-refractivity contribution in [1.29, 1.82) is 0 Å². The molecule has 7 nitrogen and oxygen atoms in total. The minimum Gasteiger partial charge on any atom is -0.388 e. The molecule has 1 unspecified atom stereocenters. The molecule has 1 saturated heterocycles. The number of halogens is 4. The highest BCUT2D eigenvalue weighted by Crippen LogP contribution is 2.16. The van der Waals surface area contributed by atoms with E-state index in [4.69, 9.17) is 19.1 Å². The molecule has 0 saturated carbocycles. The van der Waals surface area contributed by atoms with E-state index in [9.17, 15) is 17.6 Å². The number of hydrogen-bond donors (Lipinski definition) is 1. The van der Waals surface area contributed by atoms with Gasteiger partial charge < -0.3 is 23.6 Å². The summed E-state index contributed by atoms with van der Waals surface area (Å²) in [5.41, 5.74) is 0.423. The molecule has 3 heterocycles. The van der Waals surface area contributed by atoms with Crippen molar-refractivity contribution in [2.45, 2.75) is 64.5 Å². The van der Waals surface area contributed by atoms with Crippen molar-refractivity contribution < 1.29 is 41.2 Å². The quantitative estimate of drug-likeness (QED) is 0.666. The third-order valence-electron chi connectivity index (χ3n) is 3.65. The first-order chi connectivity index (χ1) is 13.5. The summed E-state index contributed by atoms with van der Waals surface area (Å²) in [5.74, 6) is 0.662. The molecule has 1 N–H and O–H groups in total. The predicted molar refractivity (Wildman–Crippen MR) is 86.7 cm³/mol. The highest BCUT2D eigenvalue weighted by Gasteiger charge is 2.16. The van der Waals surface area contributed by atoms with E-state index < -0.39 is 19.3 Å². The van der Waals surface area contributed by atoms with Crippen molar-refractivity contribution in [3.8, 4) is 0 Å². The van der Waals surface area contributed by atoms with Gasteiger partial charge in [0, 0.05) is 18.7 Å². The molecule has 1 fully saturated rings. The van der Waals surface area contributed by atoms with E-state index in [0.717, 1.165) is 19.3 Å². The van der Waals surface area contributed by atoms with Gasteiger partial charge in [-0.2, -0.15) is 0 Å². The second kappa shape index (κ2) is 11.8. The van der Waals surface area contributed by atoms with E-state index in [1.165, 1.54) is 12.1 Å². The number of rotatable bonds is 8. The molecule has 0 aromatic carbocycles. The van der Waals surface area contributed by atoms with Crippen LogP contribution in [-0.2, 0) is 35.5 Å². The van der Waals surface area contributed by atoms with Gasteiger partial charge in [-0.25, -0.2) is 17.6 Å². The summed E-state index contributed by atoms with van der Waals surface area (Å²) >= 11 is 0. The summed E-state index contributed by atoms with van der Waals surface area (Å²) in [6.07, 6.45) is -2.86. The minimum absolute atomic E-state index is 0.170. The molecule has 28 heavy (non-hydrogen) atoms. The van der Waals surface area contributed by atoms with Crippen LogP contribution >= 0.6 is 0 Å². The van der Waals surface area contributed by atoms with Crippen molar-refractivity contribution in [2.24, 2.45) is 0 Å². The molecule has 0 amide bonds. The van der Waals surface area contributed by atoms with Gasteiger partial charge in [0.25, 0.3) is 0 Å². The van der Waals surface area contributed by atoms with E-state index in [-0.39, 0.29) is 43.1 Å². The maximum atomic E-state index is 12.1. The molecule has 1 atom stereocenters. The summed E-state index contributed by atoms with van der Waals surface area (Å²) in [6.45, 7) is 0.606. The Bertz CT molecular complexity index is 674. The summed E-state index contributed by atoms with van der Waals surface area (Å²) in [5, 5.41) is 15.3. The molecule has 3 rings (SSSR count). The minimum atomic E-state index is -2.42. The first kappa shape index (κ1) is 22.3. The van der Waals surface area contributed by atoms with Gasteiger partial charge in [0.2, 0.25) is 12.9 Å². The highest BCUT2D eigenvalue weighted by atomic mass is 19.3. The molecule has 0 radical (unpaired) electrons. The molecular formula is C17H22F4N2O5. The van der Waals surface area contributed by atoms with Crippen LogP contribution in [-0.4, -0.2) is 41.2 Å². The van der Waals surface area contributed by atoms with Crippen LogP contribution in [0.2, 0.25) is 0 Å². The van der Waals surface area contributed by atoms with E-state index in [1.807, 2.05) is 0 Å². The Morgan fingerprint density at radius 1 is 1.00 bits per heavy atom. The maximum Gasteiger partial charge on any atom is 0.244 e. The Labute approximate surface area is 158 Å². The second-order valence-corrected chi connectivity index (χ2v) is 6.02. The summed E-state index contributed by atoms with van der Waals surface area (Å²) in [7, 11) is 0. The fraction of sp³-hybridized carbons (Fsp3) is 0.647. The number of hydrogen-bond acceptors (Lipinski definition) is 7. The Kier molecular flexibility index (Phi) is 9.38. The molecular weight excluding hydrogens is 388 g/mol. The first-order valence-corrected chi connectivity index (χ1v) is 8.75. The van der Waals surface area contributed by atoms with Crippen LogP contribution in [0.1, 0.15) is 42.2 Å². The average molecular weight is 410 g/mol. The monoisotopic (exact) mass is 410 g/mol.